The van der Waals surface area contributed by atoms with Crippen LogP contribution in [0.25, 0.3) is 0 Å². The van der Waals surface area contributed by atoms with Crippen LogP contribution in [0.1, 0.15) is 5.56 Å². The molecule has 1 N–H and O–H groups in total. The Morgan fingerprint density at radius 2 is 1.56 bits per heavy atom. The number of nitrogens with one attached hydrogen (secondary N) is 1. The van der Waals surface area contributed by atoms with Crippen LogP contribution in [0.3, 0.4) is 0 Å². The van der Waals surface area contributed by atoms with Gasteiger partial charge in [0.25, 0.3) is 15.9 Å². The van der Waals surface area contributed by atoms with Crippen LogP contribution in [0.2, 0.25) is 0 Å². The fourth-order valence-corrected chi connectivity index (χ4v) is 4.75. The molecule has 0 saturated carbocycles. The number of anilines is 2. The largest absolute Gasteiger partial charge is 0.476 e. The van der Waals surface area contributed by atoms with Gasteiger partial charge in [-0.3, -0.25) is 9.10 Å². The van der Waals surface area contributed by atoms with Gasteiger partial charge in [-0.05, 0) is 48.5 Å². The Morgan fingerprint density at radius 1 is 0.938 bits per heavy atom. The van der Waals surface area contributed by atoms with E-state index in [-0.39, 0.29) is 28.6 Å². The van der Waals surface area contributed by atoms with Gasteiger partial charge in [-0.1, -0.05) is 30.3 Å². The molecule has 1 aliphatic rings. The average Bonchev–Trinajstić information content (AvgIpc) is 2.78. The second-order valence-electron chi connectivity index (χ2n) is 6.99. The maximum Gasteiger partial charge on any atom is 0.416 e. The molecule has 1 amide bonds. The molecular weight excluding hydrogens is 445 g/mol. The van der Waals surface area contributed by atoms with Gasteiger partial charge in [0, 0.05) is 5.69 Å². The summed E-state index contributed by atoms with van der Waals surface area (Å²) >= 11 is 0. The van der Waals surface area contributed by atoms with Crippen LogP contribution >= 0.6 is 0 Å². The number of amides is 1. The van der Waals surface area contributed by atoms with Crippen molar-refractivity contribution in [2.24, 2.45) is 0 Å². The highest BCUT2D eigenvalue weighted by atomic mass is 32.2. The number of hydrogen-bond donors (Lipinski definition) is 1. The SMILES string of the molecule is O=C(Nc1ccc(C(F)(F)F)cc1)C1CN(S(=O)(=O)c2ccccc2)c2ccccc2O1. The van der Waals surface area contributed by atoms with E-state index in [0.717, 1.165) is 28.6 Å². The molecule has 0 aromatic heterocycles. The number of alkyl halides is 3. The molecule has 166 valence electrons. The Kier molecular flexibility index (Phi) is 5.55. The van der Waals surface area contributed by atoms with Crippen LogP contribution in [0.5, 0.6) is 5.75 Å². The fourth-order valence-electron chi connectivity index (χ4n) is 3.25. The first-order chi connectivity index (χ1) is 15.2. The number of hydrogen-bond acceptors (Lipinski definition) is 4. The fraction of sp³-hybridized carbons (Fsp3) is 0.136. The number of ether oxygens (including phenoxy) is 1. The zero-order valence-electron chi connectivity index (χ0n) is 16.4. The topological polar surface area (TPSA) is 75.7 Å². The van der Waals surface area contributed by atoms with E-state index < -0.39 is 33.8 Å². The minimum absolute atomic E-state index is 0.0543. The first kappa shape index (κ1) is 21.7. The first-order valence-corrected chi connectivity index (χ1v) is 10.9. The second kappa shape index (κ2) is 8.19. The van der Waals surface area contributed by atoms with Crippen LogP contribution in [0.15, 0.2) is 83.8 Å². The zero-order valence-corrected chi connectivity index (χ0v) is 17.2. The number of carbonyl (C=O) groups excluding carboxylic acids is 1. The summed E-state index contributed by atoms with van der Waals surface area (Å²) in [5, 5.41) is 2.48. The first-order valence-electron chi connectivity index (χ1n) is 9.48. The molecule has 0 spiro atoms. The van der Waals surface area contributed by atoms with E-state index in [0.29, 0.717) is 0 Å². The van der Waals surface area contributed by atoms with Crippen molar-refractivity contribution in [2.75, 3.05) is 16.2 Å². The molecule has 32 heavy (non-hydrogen) atoms. The predicted molar refractivity (Wildman–Crippen MR) is 112 cm³/mol. The Balaban J connectivity index is 1.60. The number of sulfonamides is 1. The van der Waals surface area contributed by atoms with Crippen molar-refractivity contribution in [1.29, 1.82) is 0 Å². The molecule has 0 radical (unpaired) electrons. The third-order valence-corrected chi connectivity index (χ3v) is 6.63. The second-order valence-corrected chi connectivity index (χ2v) is 8.85. The molecule has 0 fully saturated rings. The Morgan fingerprint density at radius 3 is 2.22 bits per heavy atom. The minimum Gasteiger partial charge on any atom is -0.476 e. The number of benzene rings is 3. The Labute approximate surface area is 182 Å². The van der Waals surface area contributed by atoms with E-state index in [1.165, 1.54) is 12.1 Å². The third kappa shape index (κ3) is 4.26. The Hall–Kier alpha value is -3.53. The molecule has 1 atom stereocenters. The van der Waals surface area contributed by atoms with Crippen molar-refractivity contribution in [1.82, 2.24) is 0 Å². The molecular formula is C22H17F3N2O4S. The summed E-state index contributed by atoms with van der Waals surface area (Å²) < 4.78 is 71.5. The van der Waals surface area contributed by atoms with Gasteiger partial charge in [0.2, 0.25) is 0 Å². The van der Waals surface area contributed by atoms with Crippen molar-refractivity contribution < 1.29 is 31.1 Å². The monoisotopic (exact) mass is 462 g/mol. The van der Waals surface area contributed by atoms with Gasteiger partial charge in [0.05, 0.1) is 22.7 Å². The summed E-state index contributed by atoms with van der Waals surface area (Å²) in [6, 6.07) is 18.1. The minimum atomic E-state index is -4.50. The molecule has 0 saturated heterocycles. The lowest BCUT2D eigenvalue weighted by Crippen LogP contribution is -2.48. The number of halogens is 3. The van der Waals surface area contributed by atoms with Gasteiger partial charge >= 0.3 is 6.18 Å². The van der Waals surface area contributed by atoms with E-state index >= 15 is 0 Å². The molecule has 3 aromatic rings. The highest BCUT2D eigenvalue weighted by Gasteiger charge is 2.37. The summed E-state index contributed by atoms with van der Waals surface area (Å²) in [6.45, 7) is -0.305. The highest BCUT2D eigenvalue weighted by Crippen LogP contribution is 2.37. The average molecular weight is 462 g/mol. The van der Waals surface area contributed by atoms with Gasteiger partial charge in [-0.15, -0.1) is 0 Å². The van der Waals surface area contributed by atoms with Gasteiger partial charge in [-0.25, -0.2) is 8.42 Å². The van der Waals surface area contributed by atoms with E-state index in [2.05, 4.69) is 5.32 Å². The number of nitrogens with zero attached hydrogens (tertiary/aromatic N) is 1. The van der Waals surface area contributed by atoms with Crippen molar-refractivity contribution in [3.63, 3.8) is 0 Å². The number of para-hydroxylation sites is 2. The molecule has 0 bridgehead atoms. The zero-order chi connectivity index (χ0) is 22.9. The summed E-state index contributed by atoms with van der Waals surface area (Å²) in [5.41, 5.74) is -0.434. The molecule has 1 heterocycles. The standard InChI is InChI=1S/C22H17F3N2O4S/c23-22(24,25)15-10-12-16(13-11-15)26-21(28)20-14-27(18-8-4-5-9-19(18)31-20)32(29,30)17-6-2-1-3-7-17/h1-13,20H,14H2,(H,26,28). The lowest BCUT2D eigenvalue weighted by molar-refractivity contribution is -0.137. The Bertz CT molecular complexity index is 1230. The quantitative estimate of drug-likeness (QED) is 0.627. The summed E-state index contributed by atoms with van der Waals surface area (Å²) in [4.78, 5) is 12.8. The molecule has 3 aromatic carbocycles. The third-order valence-electron chi connectivity index (χ3n) is 4.84. The van der Waals surface area contributed by atoms with Gasteiger partial charge in [0.15, 0.2) is 6.10 Å². The van der Waals surface area contributed by atoms with E-state index in [1.54, 1.807) is 42.5 Å². The number of rotatable bonds is 4. The van der Waals surface area contributed by atoms with Gasteiger partial charge in [-0.2, -0.15) is 13.2 Å². The van der Waals surface area contributed by atoms with Crippen LogP contribution < -0.4 is 14.4 Å². The van der Waals surface area contributed by atoms with Crippen LogP contribution in [0.4, 0.5) is 24.5 Å². The van der Waals surface area contributed by atoms with Crippen molar-refractivity contribution in [3.8, 4) is 5.75 Å². The lowest BCUT2D eigenvalue weighted by atomic mass is 10.2. The normalized spacial score (nSPS) is 16.1. The lowest BCUT2D eigenvalue weighted by Gasteiger charge is -2.34. The number of carbonyl (C=O) groups is 1. The molecule has 0 aliphatic carbocycles. The summed E-state index contributed by atoms with van der Waals surface area (Å²) in [5.74, 6) is -0.488. The van der Waals surface area contributed by atoms with Gasteiger partial charge in [0.1, 0.15) is 5.75 Å². The van der Waals surface area contributed by atoms with E-state index in [9.17, 15) is 26.4 Å². The molecule has 1 unspecified atom stereocenters. The van der Waals surface area contributed by atoms with Gasteiger partial charge < -0.3 is 10.1 Å². The summed E-state index contributed by atoms with van der Waals surface area (Å²) in [6.07, 6.45) is -5.71. The molecule has 6 nitrogen and oxygen atoms in total. The van der Waals surface area contributed by atoms with Crippen molar-refractivity contribution in [3.05, 3.63) is 84.4 Å². The number of fused-ring (bicyclic) bond motifs is 1. The molecule has 4 rings (SSSR count). The highest BCUT2D eigenvalue weighted by molar-refractivity contribution is 7.92. The molecule has 1 aliphatic heterocycles. The smallest absolute Gasteiger partial charge is 0.416 e. The van der Waals surface area contributed by atoms with Crippen molar-refractivity contribution in [2.45, 2.75) is 17.2 Å². The van der Waals surface area contributed by atoms with Crippen LogP contribution in [-0.2, 0) is 21.0 Å². The molecule has 10 heteroatoms. The van der Waals surface area contributed by atoms with E-state index in [4.69, 9.17) is 4.74 Å². The van der Waals surface area contributed by atoms with Crippen molar-refractivity contribution >= 4 is 27.3 Å². The van der Waals surface area contributed by atoms with Crippen LogP contribution in [-0.4, -0.2) is 27.0 Å². The summed E-state index contributed by atoms with van der Waals surface area (Å²) in [7, 11) is -3.99. The maximum atomic E-state index is 13.2. The predicted octanol–water partition coefficient (Wildman–Crippen LogP) is 4.30. The van der Waals surface area contributed by atoms with E-state index in [1.807, 2.05) is 0 Å². The maximum absolute atomic E-state index is 13.2. The van der Waals surface area contributed by atoms with Crippen LogP contribution in [0, 0.1) is 0 Å².